The minimum absolute atomic E-state index is 0.162. The Bertz CT molecular complexity index is 1040. The maximum atomic E-state index is 10.1. The number of rotatable bonds is 4. The summed E-state index contributed by atoms with van der Waals surface area (Å²) in [5.41, 5.74) is 3.16. The summed E-state index contributed by atoms with van der Waals surface area (Å²) in [4.78, 5) is 0. The molecule has 4 rings (SSSR count). The van der Waals surface area contributed by atoms with Crippen molar-refractivity contribution in [2.75, 3.05) is 28.4 Å². The molecule has 3 aromatic rings. The number of methoxy groups -OCH3 is 4. The molecular formula is C21H22NO5+. The molecule has 2 aromatic carbocycles. The number of fused-ring (bicyclic) bond motifs is 4. The number of phenolic OH excluding ortho intramolecular Hbond substituents is 1. The summed E-state index contributed by atoms with van der Waals surface area (Å²) >= 11 is 0. The first-order chi connectivity index (χ1) is 13.1. The highest BCUT2D eigenvalue weighted by Crippen LogP contribution is 2.44. The van der Waals surface area contributed by atoms with Gasteiger partial charge in [-0.1, -0.05) is 0 Å². The molecule has 0 aliphatic carbocycles. The molecule has 0 bridgehead atoms. The fraction of sp³-hybridized carbons (Fsp3) is 0.286. The molecule has 1 aliphatic heterocycles. The monoisotopic (exact) mass is 368 g/mol. The van der Waals surface area contributed by atoms with Gasteiger partial charge in [0.15, 0.2) is 35.7 Å². The van der Waals surface area contributed by atoms with Crippen LogP contribution >= 0.6 is 0 Å². The molecule has 140 valence electrons. The van der Waals surface area contributed by atoms with E-state index >= 15 is 0 Å². The van der Waals surface area contributed by atoms with Gasteiger partial charge in [-0.2, -0.15) is 4.57 Å². The van der Waals surface area contributed by atoms with E-state index in [1.807, 2.05) is 12.1 Å². The van der Waals surface area contributed by atoms with Crippen LogP contribution in [0.15, 0.2) is 30.5 Å². The van der Waals surface area contributed by atoms with Gasteiger partial charge in [-0.15, -0.1) is 0 Å². The molecule has 6 nitrogen and oxygen atoms in total. The largest absolute Gasteiger partial charge is 0.504 e. The fourth-order valence-corrected chi connectivity index (χ4v) is 3.79. The Balaban J connectivity index is 2.02. The van der Waals surface area contributed by atoms with Crippen LogP contribution in [0.3, 0.4) is 0 Å². The predicted octanol–water partition coefficient (Wildman–Crippen LogP) is 3.09. The first-order valence-corrected chi connectivity index (χ1v) is 8.67. The molecule has 0 amide bonds. The molecule has 1 aromatic heterocycles. The van der Waals surface area contributed by atoms with Gasteiger partial charge in [0.25, 0.3) is 0 Å². The van der Waals surface area contributed by atoms with Crippen molar-refractivity contribution in [1.82, 2.24) is 0 Å². The number of aromatic hydroxyl groups is 1. The maximum absolute atomic E-state index is 10.1. The van der Waals surface area contributed by atoms with E-state index in [2.05, 4.69) is 16.8 Å². The van der Waals surface area contributed by atoms with Crippen molar-refractivity contribution >= 4 is 10.8 Å². The summed E-state index contributed by atoms with van der Waals surface area (Å²) in [5, 5.41) is 12.0. The Morgan fingerprint density at radius 3 is 2.26 bits per heavy atom. The lowest BCUT2D eigenvalue weighted by Crippen LogP contribution is -2.40. The topological polar surface area (TPSA) is 61.0 Å². The maximum Gasteiger partial charge on any atom is 0.213 e. The van der Waals surface area contributed by atoms with Crippen molar-refractivity contribution < 1.29 is 28.6 Å². The van der Waals surface area contributed by atoms with Gasteiger partial charge in [0, 0.05) is 17.9 Å². The third-order valence-electron chi connectivity index (χ3n) is 5.09. The highest BCUT2D eigenvalue weighted by Gasteiger charge is 2.27. The minimum atomic E-state index is 0.162. The Hall–Kier alpha value is -3.15. The standard InChI is InChI=1S/C21H21NO5/c1-24-18-10-14-12(7-17(18)23)5-6-22-11-13-8-19(25-2)21(27-4)20(26-3)15(13)9-16(14)22/h7-11H,5-6H2,1-4H3/p+1. The van der Waals surface area contributed by atoms with Crippen molar-refractivity contribution in [1.29, 1.82) is 0 Å². The van der Waals surface area contributed by atoms with Gasteiger partial charge in [-0.25, -0.2) is 0 Å². The van der Waals surface area contributed by atoms with Crippen molar-refractivity contribution in [2.24, 2.45) is 0 Å². The van der Waals surface area contributed by atoms with E-state index in [1.165, 1.54) is 0 Å². The summed E-state index contributed by atoms with van der Waals surface area (Å²) in [5.74, 6) is 2.45. The number of aromatic nitrogens is 1. The second-order valence-corrected chi connectivity index (χ2v) is 6.43. The van der Waals surface area contributed by atoms with Crippen molar-refractivity contribution in [2.45, 2.75) is 13.0 Å². The number of phenols is 1. The van der Waals surface area contributed by atoms with E-state index in [9.17, 15) is 5.11 Å². The van der Waals surface area contributed by atoms with Gasteiger partial charge in [-0.05, 0) is 23.8 Å². The molecule has 1 N–H and O–H groups in total. The van der Waals surface area contributed by atoms with E-state index < -0.39 is 0 Å². The molecule has 0 spiro atoms. The number of aryl methyl sites for hydroxylation is 2. The van der Waals surface area contributed by atoms with Gasteiger partial charge in [0.1, 0.15) is 0 Å². The molecule has 6 heteroatoms. The van der Waals surface area contributed by atoms with Crippen LogP contribution < -0.4 is 23.5 Å². The SMILES string of the molecule is COc1cc2c(cc1O)CC[n+]1cc3cc(OC)c(OC)c(OC)c3cc1-2. The zero-order valence-corrected chi connectivity index (χ0v) is 15.8. The lowest BCUT2D eigenvalue weighted by atomic mass is 9.95. The van der Waals surface area contributed by atoms with Crippen LogP contribution in [0.2, 0.25) is 0 Å². The minimum Gasteiger partial charge on any atom is -0.504 e. The first-order valence-electron chi connectivity index (χ1n) is 8.67. The van der Waals surface area contributed by atoms with E-state index in [1.54, 1.807) is 34.5 Å². The number of ether oxygens (including phenoxy) is 4. The normalized spacial score (nSPS) is 12.3. The lowest BCUT2D eigenvalue weighted by molar-refractivity contribution is -0.686. The summed E-state index contributed by atoms with van der Waals surface area (Å²) in [7, 11) is 6.39. The number of pyridine rings is 1. The second-order valence-electron chi connectivity index (χ2n) is 6.43. The van der Waals surface area contributed by atoms with Crippen molar-refractivity contribution in [3.63, 3.8) is 0 Å². The molecule has 0 atom stereocenters. The Morgan fingerprint density at radius 1 is 0.852 bits per heavy atom. The van der Waals surface area contributed by atoms with Crippen LogP contribution in [0.4, 0.5) is 0 Å². The zero-order valence-electron chi connectivity index (χ0n) is 15.8. The average Bonchev–Trinajstić information content (AvgIpc) is 2.70. The second kappa shape index (κ2) is 6.54. The number of benzene rings is 2. The van der Waals surface area contributed by atoms with Crippen molar-refractivity contribution in [3.05, 3.63) is 36.0 Å². The van der Waals surface area contributed by atoms with E-state index in [4.69, 9.17) is 18.9 Å². The molecule has 2 heterocycles. The zero-order chi connectivity index (χ0) is 19.1. The Kier molecular flexibility index (Phi) is 4.18. The number of hydrogen-bond donors (Lipinski definition) is 1. The van der Waals surface area contributed by atoms with Gasteiger partial charge in [-0.3, -0.25) is 0 Å². The van der Waals surface area contributed by atoms with Crippen LogP contribution in [0.25, 0.3) is 22.0 Å². The molecular weight excluding hydrogens is 346 g/mol. The van der Waals surface area contributed by atoms with Crippen LogP contribution in [0.1, 0.15) is 5.56 Å². The smallest absolute Gasteiger partial charge is 0.213 e. The molecule has 0 fully saturated rings. The quantitative estimate of drug-likeness (QED) is 0.717. The summed E-state index contributed by atoms with van der Waals surface area (Å²) < 4.78 is 24.2. The van der Waals surface area contributed by atoms with Gasteiger partial charge in [0.05, 0.1) is 39.4 Å². The fourth-order valence-electron chi connectivity index (χ4n) is 3.79. The van der Waals surface area contributed by atoms with Crippen molar-refractivity contribution in [3.8, 4) is 40.0 Å². The molecule has 1 aliphatic rings. The van der Waals surface area contributed by atoms with Crippen LogP contribution in [-0.2, 0) is 13.0 Å². The predicted molar refractivity (Wildman–Crippen MR) is 101 cm³/mol. The molecule has 0 saturated heterocycles. The van der Waals surface area contributed by atoms with E-state index in [-0.39, 0.29) is 5.75 Å². The lowest BCUT2D eigenvalue weighted by Gasteiger charge is -2.19. The van der Waals surface area contributed by atoms with Crippen LogP contribution in [-0.4, -0.2) is 33.5 Å². The van der Waals surface area contributed by atoms with Crippen LogP contribution in [0.5, 0.6) is 28.7 Å². The Labute approximate surface area is 157 Å². The van der Waals surface area contributed by atoms with Gasteiger partial charge in [0.2, 0.25) is 11.4 Å². The molecule has 27 heavy (non-hydrogen) atoms. The summed E-state index contributed by atoms with van der Waals surface area (Å²) in [6, 6.07) is 7.71. The molecule has 0 radical (unpaired) electrons. The third kappa shape index (κ3) is 2.60. The van der Waals surface area contributed by atoms with E-state index in [0.717, 1.165) is 40.6 Å². The number of nitrogens with zero attached hydrogens (tertiary/aromatic N) is 1. The van der Waals surface area contributed by atoms with Gasteiger partial charge < -0.3 is 24.1 Å². The van der Waals surface area contributed by atoms with Gasteiger partial charge >= 0.3 is 0 Å². The number of hydrogen-bond acceptors (Lipinski definition) is 5. The van der Waals surface area contributed by atoms with Crippen LogP contribution in [0, 0.1) is 0 Å². The summed E-state index contributed by atoms with van der Waals surface area (Å²) in [6.45, 7) is 0.820. The van der Waals surface area contributed by atoms with E-state index in [0.29, 0.717) is 23.0 Å². The molecule has 0 unspecified atom stereocenters. The highest BCUT2D eigenvalue weighted by molar-refractivity contribution is 5.94. The first kappa shape index (κ1) is 17.3. The molecule has 0 saturated carbocycles. The highest BCUT2D eigenvalue weighted by atomic mass is 16.5. The third-order valence-corrected chi connectivity index (χ3v) is 5.09. The average molecular weight is 368 g/mol. The Morgan fingerprint density at radius 2 is 1.59 bits per heavy atom. The summed E-state index contributed by atoms with van der Waals surface area (Å²) in [6.07, 6.45) is 2.93.